The molecule has 0 aliphatic carbocycles. The van der Waals surface area contributed by atoms with E-state index in [1.165, 1.54) is 0 Å². The summed E-state index contributed by atoms with van der Waals surface area (Å²) in [7, 11) is 0. The fraction of sp³-hybridized carbons (Fsp3) is 0.333. The molecule has 0 saturated carbocycles. The molecule has 4 nitrogen and oxygen atoms in total. The van der Waals surface area contributed by atoms with Gasteiger partial charge < -0.3 is 10.1 Å². The second-order valence-corrected chi connectivity index (χ2v) is 4.64. The van der Waals surface area contributed by atoms with E-state index in [-0.39, 0.29) is 24.8 Å². The maximum Gasteiger partial charge on any atom is 0.307 e. The highest BCUT2D eigenvalue weighted by atomic mass is 79.9. The van der Waals surface area contributed by atoms with Gasteiger partial charge in [-0.05, 0) is 35.0 Å². The van der Waals surface area contributed by atoms with Crippen molar-refractivity contribution in [3.05, 3.63) is 33.3 Å². The first kappa shape index (κ1) is 15.0. The van der Waals surface area contributed by atoms with Crippen LogP contribution in [0.25, 0.3) is 0 Å². The zero-order chi connectivity index (χ0) is 13.5. The van der Waals surface area contributed by atoms with Crippen LogP contribution >= 0.6 is 27.5 Å². The molecule has 0 saturated heterocycles. The Morgan fingerprint density at radius 3 is 2.83 bits per heavy atom. The summed E-state index contributed by atoms with van der Waals surface area (Å²) in [5.41, 5.74) is 0.370. The van der Waals surface area contributed by atoms with Gasteiger partial charge in [0.2, 0.25) is 0 Å². The highest BCUT2D eigenvalue weighted by molar-refractivity contribution is 9.10. The zero-order valence-electron chi connectivity index (χ0n) is 9.83. The van der Waals surface area contributed by atoms with E-state index in [9.17, 15) is 9.59 Å². The average Bonchev–Trinajstić information content (AvgIpc) is 2.33. The van der Waals surface area contributed by atoms with Gasteiger partial charge in [-0.3, -0.25) is 9.59 Å². The lowest BCUT2D eigenvalue weighted by molar-refractivity contribution is -0.142. The van der Waals surface area contributed by atoms with Crippen LogP contribution in [0.1, 0.15) is 23.7 Å². The number of amides is 1. The van der Waals surface area contributed by atoms with Crippen molar-refractivity contribution in [1.82, 2.24) is 5.32 Å². The van der Waals surface area contributed by atoms with Gasteiger partial charge in [0, 0.05) is 11.0 Å². The number of ether oxygens (including phenoxy) is 1. The monoisotopic (exact) mass is 333 g/mol. The molecule has 0 fully saturated rings. The van der Waals surface area contributed by atoms with Gasteiger partial charge in [0.15, 0.2) is 0 Å². The highest BCUT2D eigenvalue weighted by Gasteiger charge is 2.12. The van der Waals surface area contributed by atoms with Crippen LogP contribution in [-0.2, 0) is 9.53 Å². The largest absolute Gasteiger partial charge is 0.466 e. The topological polar surface area (TPSA) is 55.4 Å². The summed E-state index contributed by atoms with van der Waals surface area (Å²) < 4.78 is 5.40. The van der Waals surface area contributed by atoms with Crippen LogP contribution in [0.2, 0.25) is 5.02 Å². The number of carbonyl (C=O) groups is 2. The summed E-state index contributed by atoms with van der Waals surface area (Å²) in [4.78, 5) is 22.9. The van der Waals surface area contributed by atoms with E-state index in [1.54, 1.807) is 25.1 Å². The molecule has 1 amide bonds. The van der Waals surface area contributed by atoms with Crippen LogP contribution in [0.5, 0.6) is 0 Å². The number of rotatable bonds is 5. The minimum Gasteiger partial charge on any atom is -0.466 e. The van der Waals surface area contributed by atoms with Crippen molar-refractivity contribution in [1.29, 1.82) is 0 Å². The molecule has 6 heteroatoms. The Hall–Kier alpha value is -1.07. The minimum atomic E-state index is -0.335. The number of esters is 1. The first-order valence-corrected chi connectivity index (χ1v) is 6.61. The van der Waals surface area contributed by atoms with Gasteiger partial charge in [0.05, 0.1) is 23.6 Å². The van der Waals surface area contributed by atoms with Gasteiger partial charge in [-0.2, -0.15) is 0 Å². The predicted molar refractivity (Wildman–Crippen MR) is 72.7 cm³/mol. The van der Waals surface area contributed by atoms with Crippen molar-refractivity contribution in [3.8, 4) is 0 Å². The quantitative estimate of drug-likeness (QED) is 0.842. The van der Waals surface area contributed by atoms with E-state index >= 15 is 0 Å². The molecule has 1 aromatic rings. The summed E-state index contributed by atoms with van der Waals surface area (Å²) in [6.45, 7) is 2.29. The normalized spacial score (nSPS) is 9.94. The van der Waals surface area contributed by atoms with E-state index in [4.69, 9.17) is 16.3 Å². The van der Waals surface area contributed by atoms with Crippen molar-refractivity contribution in [3.63, 3.8) is 0 Å². The Morgan fingerprint density at radius 1 is 1.44 bits per heavy atom. The molecule has 98 valence electrons. The van der Waals surface area contributed by atoms with Crippen LogP contribution in [0.3, 0.4) is 0 Å². The molecule has 18 heavy (non-hydrogen) atoms. The molecule has 0 atom stereocenters. The Kier molecular flexibility index (Phi) is 6.15. The van der Waals surface area contributed by atoms with E-state index in [1.807, 2.05) is 0 Å². The molecule has 1 rings (SSSR count). The van der Waals surface area contributed by atoms with E-state index < -0.39 is 0 Å². The summed E-state index contributed by atoms with van der Waals surface area (Å²) in [5.74, 6) is -0.649. The third kappa shape index (κ3) is 4.31. The first-order valence-electron chi connectivity index (χ1n) is 5.44. The highest BCUT2D eigenvalue weighted by Crippen LogP contribution is 2.25. The summed E-state index contributed by atoms with van der Waals surface area (Å²) in [6, 6.07) is 5.08. The molecule has 0 heterocycles. The molecule has 0 bridgehead atoms. The van der Waals surface area contributed by atoms with E-state index in [0.29, 0.717) is 21.7 Å². The van der Waals surface area contributed by atoms with Crippen molar-refractivity contribution < 1.29 is 14.3 Å². The first-order chi connectivity index (χ1) is 8.56. The molecule has 0 aliphatic rings. The third-order valence-corrected chi connectivity index (χ3v) is 3.41. The van der Waals surface area contributed by atoms with E-state index in [2.05, 4.69) is 21.2 Å². The number of nitrogens with one attached hydrogen (secondary N) is 1. The molecule has 0 aromatic heterocycles. The van der Waals surface area contributed by atoms with Crippen molar-refractivity contribution in [2.24, 2.45) is 0 Å². The standard InChI is InChI=1S/C12H13BrClNO3/c1-2-18-10(16)6-7-15-12(17)8-4-3-5-9(13)11(8)14/h3-5H,2,6-7H2,1H3,(H,15,17). The van der Waals surface area contributed by atoms with Crippen molar-refractivity contribution in [2.75, 3.05) is 13.2 Å². The van der Waals surface area contributed by atoms with Gasteiger partial charge in [-0.1, -0.05) is 17.7 Å². The average molecular weight is 335 g/mol. The molecule has 0 radical (unpaired) electrons. The number of hydrogen-bond donors (Lipinski definition) is 1. The Bertz CT molecular complexity index is 451. The van der Waals surface area contributed by atoms with Crippen LogP contribution in [0, 0.1) is 0 Å². The fourth-order valence-corrected chi connectivity index (χ4v) is 1.86. The molecule has 1 aromatic carbocycles. The SMILES string of the molecule is CCOC(=O)CCNC(=O)c1cccc(Br)c1Cl. The number of carbonyl (C=O) groups excluding carboxylic acids is 2. The number of hydrogen-bond acceptors (Lipinski definition) is 3. The Labute approximate surface area is 119 Å². The number of benzene rings is 1. The lowest BCUT2D eigenvalue weighted by atomic mass is 10.2. The lowest BCUT2D eigenvalue weighted by Crippen LogP contribution is -2.26. The van der Waals surface area contributed by atoms with Crippen LogP contribution in [0.4, 0.5) is 0 Å². The van der Waals surface area contributed by atoms with E-state index in [0.717, 1.165) is 0 Å². The van der Waals surface area contributed by atoms with Crippen LogP contribution in [0.15, 0.2) is 22.7 Å². The lowest BCUT2D eigenvalue weighted by Gasteiger charge is -2.07. The third-order valence-electron chi connectivity index (χ3n) is 2.12. The Balaban J connectivity index is 2.51. The second kappa shape index (κ2) is 7.38. The summed E-state index contributed by atoms with van der Waals surface area (Å²) in [5, 5.41) is 2.96. The van der Waals surface area contributed by atoms with Crippen molar-refractivity contribution in [2.45, 2.75) is 13.3 Å². The van der Waals surface area contributed by atoms with Crippen molar-refractivity contribution >= 4 is 39.4 Å². The molecule has 0 spiro atoms. The predicted octanol–water partition coefficient (Wildman–Crippen LogP) is 2.79. The maximum absolute atomic E-state index is 11.8. The second-order valence-electron chi connectivity index (χ2n) is 3.41. The molecule has 1 N–H and O–H groups in total. The molecule has 0 aliphatic heterocycles. The van der Waals surface area contributed by atoms with Gasteiger partial charge in [0.25, 0.3) is 5.91 Å². The molecular formula is C12H13BrClNO3. The molecular weight excluding hydrogens is 321 g/mol. The maximum atomic E-state index is 11.8. The summed E-state index contributed by atoms with van der Waals surface area (Å²) in [6.07, 6.45) is 0.144. The van der Waals surface area contributed by atoms with Crippen LogP contribution in [-0.4, -0.2) is 25.0 Å². The van der Waals surface area contributed by atoms with Gasteiger partial charge in [0.1, 0.15) is 0 Å². The van der Waals surface area contributed by atoms with Gasteiger partial charge in [-0.25, -0.2) is 0 Å². The number of halogens is 2. The minimum absolute atomic E-state index is 0.144. The summed E-state index contributed by atoms with van der Waals surface area (Å²) >= 11 is 9.22. The van der Waals surface area contributed by atoms with Gasteiger partial charge in [-0.15, -0.1) is 0 Å². The Morgan fingerprint density at radius 2 is 2.17 bits per heavy atom. The molecule has 0 unspecified atom stereocenters. The van der Waals surface area contributed by atoms with Crippen LogP contribution < -0.4 is 5.32 Å². The zero-order valence-corrected chi connectivity index (χ0v) is 12.2. The van der Waals surface area contributed by atoms with Gasteiger partial charge >= 0.3 is 5.97 Å². The smallest absolute Gasteiger partial charge is 0.307 e. The fourth-order valence-electron chi connectivity index (χ4n) is 1.29.